The lowest BCUT2D eigenvalue weighted by atomic mass is 10.0. The zero-order valence-corrected chi connectivity index (χ0v) is 13.8. The highest BCUT2D eigenvalue weighted by Gasteiger charge is 2.29. The Labute approximate surface area is 146 Å². The molecular weight excluding hydrogens is 359 g/mol. The third-order valence-corrected chi connectivity index (χ3v) is 3.93. The number of carboxylic acid groups (broad SMARTS) is 1. The van der Waals surface area contributed by atoms with Gasteiger partial charge in [-0.15, -0.1) is 0 Å². The Bertz CT molecular complexity index is 739. The summed E-state index contributed by atoms with van der Waals surface area (Å²) in [6, 6.07) is 0.268. The van der Waals surface area contributed by atoms with Crippen molar-refractivity contribution >= 4 is 17.8 Å². The standard InChI is InChI=1S/C16H16F3NO6/c1-25-16(24)20-4-5-26-8(7-20)2-3-11(21)12-10(17)6-9(15(22)23)13(18)14(12)19/h6,8H,2-5,7H2,1H3,(H,22,23)/t8-/m0/s1. The van der Waals surface area contributed by atoms with Gasteiger partial charge in [-0.05, 0) is 12.5 Å². The number of ketones is 1. The highest BCUT2D eigenvalue weighted by Crippen LogP contribution is 2.23. The zero-order chi connectivity index (χ0) is 19.4. The maximum atomic E-state index is 13.9. The van der Waals surface area contributed by atoms with Gasteiger partial charge in [-0.25, -0.2) is 22.8 Å². The number of Topliss-reactive ketones (excluding diaryl/α,β-unsaturated/α-hetero) is 1. The van der Waals surface area contributed by atoms with E-state index >= 15 is 0 Å². The van der Waals surface area contributed by atoms with Crippen molar-refractivity contribution in [1.82, 2.24) is 4.90 Å². The number of hydrogen-bond donors (Lipinski definition) is 1. The van der Waals surface area contributed by atoms with Crippen molar-refractivity contribution < 1.29 is 42.1 Å². The lowest BCUT2D eigenvalue weighted by Gasteiger charge is -2.31. The first kappa shape index (κ1) is 19.7. The van der Waals surface area contributed by atoms with Gasteiger partial charge in [-0.1, -0.05) is 0 Å². The molecular formula is C16H16F3NO6. The van der Waals surface area contributed by atoms with Crippen molar-refractivity contribution in [2.45, 2.75) is 18.9 Å². The molecule has 2 rings (SSSR count). The summed E-state index contributed by atoms with van der Waals surface area (Å²) in [5, 5.41) is 8.69. The maximum Gasteiger partial charge on any atom is 0.409 e. The first-order valence-corrected chi connectivity index (χ1v) is 7.64. The molecule has 0 unspecified atom stereocenters. The number of rotatable bonds is 5. The number of methoxy groups -OCH3 is 1. The van der Waals surface area contributed by atoms with Crippen molar-refractivity contribution in [2.75, 3.05) is 26.8 Å². The Morgan fingerprint density at radius 1 is 1.31 bits per heavy atom. The molecule has 0 bridgehead atoms. The smallest absolute Gasteiger partial charge is 0.409 e. The molecule has 0 spiro atoms. The van der Waals surface area contributed by atoms with E-state index in [1.807, 2.05) is 0 Å². The summed E-state index contributed by atoms with van der Waals surface area (Å²) in [5.41, 5.74) is -2.32. The number of aromatic carboxylic acids is 1. The first-order chi connectivity index (χ1) is 12.3. The predicted molar refractivity (Wildman–Crippen MR) is 80.6 cm³/mol. The van der Waals surface area contributed by atoms with Gasteiger partial charge in [0, 0.05) is 13.0 Å². The molecule has 1 aliphatic heterocycles. The highest BCUT2D eigenvalue weighted by atomic mass is 19.2. The largest absolute Gasteiger partial charge is 0.478 e. The van der Waals surface area contributed by atoms with Gasteiger partial charge in [-0.2, -0.15) is 0 Å². The van der Waals surface area contributed by atoms with Gasteiger partial charge >= 0.3 is 12.1 Å². The van der Waals surface area contributed by atoms with Crippen molar-refractivity contribution in [3.8, 4) is 0 Å². The van der Waals surface area contributed by atoms with Gasteiger partial charge in [0.05, 0.1) is 31.9 Å². The van der Waals surface area contributed by atoms with Gasteiger partial charge in [0.1, 0.15) is 11.4 Å². The van der Waals surface area contributed by atoms with E-state index in [2.05, 4.69) is 4.74 Å². The van der Waals surface area contributed by atoms with E-state index in [4.69, 9.17) is 9.84 Å². The van der Waals surface area contributed by atoms with E-state index in [-0.39, 0.29) is 32.1 Å². The van der Waals surface area contributed by atoms with E-state index in [0.717, 1.165) is 0 Å². The average Bonchev–Trinajstić information content (AvgIpc) is 2.62. The van der Waals surface area contributed by atoms with E-state index < -0.39 is 52.5 Å². The Hall–Kier alpha value is -2.62. The summed E-state index contributed by atoms with van der Waals surface area (Å²) < 4.78 is 51.4. The van der Waals surface area contributed by atoms with Crippen LogP contribution in [0.5, 0.6) is 0 Å². The maximum absolute atomic E-state index is 13.9. The van der Waals surface area contributed by atoms with Gasteiger partial charge in [-0.3, -0.25) is 4.79 Å². The molecule has 1 aromatic rings. The fourth-order valence-electron chi connectivity index (χ4n) is 2.61. The summed E-state index contributed by atoms with van der Waals surface area (Å²) in [6.07, 6.45) is -1.46. The summed E-state index contributed by atoms with van der Waals surface area (Å²) in [7, 11) is 1.22. The normalized spacial score (nSPS) is 17.1. The average molecular weight is 375 g/mol. The number of carboxylic acids is 1. The van der Waals surface area contributed by atoms with Gasteiger partial charge in [0.25, 0.3) is 0 Å². The van der Waals surface area contributed by atoms with Crippen LogP contribution in [0.3, 0.4) is 0 Å². The zero-order valence-electron chi connectivity index (χ0n) is 13.8. The first-order valence-electron chi connectivity index (χ1n) is 7.64. The molecule has 1 amide bonds. The Morgan fingerprint density at radius 3 is 2.62 bits per heavy atom. The number of ether oxygens (including phenoxy) is 2. The van der Waals surface area contributed by atoms with Gasteiger partial charge in [0.2, 0.25) is 0 Å². The molecule has 1 atom stereocenters. The summed E-state index contributed by atoms with van der Waals surface area (Å²) in [5.74, 6) is -7.97. The molecule has 1 heterocycles. The highest BCUT2D eigenvalue weighted by molar-refractivity contribution is 5.98. The molecule has 1 aliphatic rings. The molecule has 1 fully saturated rings. The van der Waals surface area contributed by atoms with Crippen LogP contribution in [0.2, 0.25) is 0 Å². The van der Waals surface area contributed by atoms with Gasteiger partial charge in [0.15, 0.2) is 17.4 Å². The molecule has 0 aliphatic carbocycles. The van der Waals surface area contributed by atoms with E-state index in [1.165, 1.54) is 12.0 Å². The molecule has 10 heteroatoms. The number of hydrogen-bond acceptors (Lipinski definition) is 5. The molecule has 1 aromatic carbocycles. The lowest BCUT2D eigenvalue weighted by molar-refractivity contribution is -0.0278. The molecule has 1 N–H and O–H groups in total. The number of carbonyl (C=O) groups excluding carboxylic acids is 2. The Morgan fingerprint density at radius 2 is 2.00 bits per heavy atom. The van der Waals surface area contributed by atoms with Crippen LogP contribution in [0.15, 0.2) is 6.07 Å². The van der Waals surface area contributed by atoms with Crippen LogP contribution in [0.4, 0.5) is 18.0 Å². The molecule has 0 aromatic heterocycles. The molecule has 7 nitrogen and oxygen atoms in total. The molecule has 26 heavy (non-hydrogen) atoms. The van der Waals surface area contributed by atoms with Crippen LogP contribution in [0.1, 0.15) is 33.6 Å². The van der Waals surface area contributed by atoms with E-state index in [9.17, 15) is 27.6 Å². The second-order valence-corrected chi connectivity index (χ2v) is 5.58. The van der Waals surface area contributed by atoms with Crippen molar-refractivity contribution in [2.24, 2.45) is 0 Å². The number of morpholine rings is 1. The number of amides is 1. The fraction of sp³-hybridized carbons (Fsp3) is 0.438. The van der Waals surface area contributed by atoms with Crippen molar-refractivity contribution in [3.63, 3.8) is 0 Å². The fourth-order valence-corrected chi connectivity index (χ4v) is 2.61. The molecule has 0 radical (unpaired) electrons. The lowest BCUT2D eigenvalue weighted by Crippen LogP contribution is -2.45. The third kappa shape index (κ3) is 4.13. The molecule has 0 saturated carbocycles. The Balaban J connectivity index is 2.08. The summed E-state index contributed by atoms with van der Waals surface area (Å²) in [6.45, 7) is 0.651. The second-order valence-electron chi connectivity index (χ2n) is 5.58. The molecule has 1 saturated heterocycles. The van der Waals surface area contributed by atoms with Gasteiger partial charge < -0.3 is 19.5 Å². The Kier molecular flexibility index (Phi) is 6.19. The second kappa shape index (κ2) is 8.17. The van der Waals surface area contributed by atoms with Crippen LogP contribution in [-0.4, -0.2) is 60.8 Å². The SMILES string of the molecule is COC(=O)N1CCO[C@@H](CCC(=O)c2c(F)cc(C(=O)O)c(F)c2F)C1. The number of benzene rings is 1. The topological polar surface area (TPSA) is 93.1 Å². The monoisotopic (exact) mass is 375 g/mol. The summed E-state index contributed by atoms with van der Waals surface area (Å²) in [4.78, 5) is 35.7. The third-order valence-electron chi connectivity index (χ3n) is 3.93. The van der Waals surface area contributed by atoms with E-state index in [1.54, 1.807) is 0 Å². The van der Waals surface area contributed by atoms with Crippen LogP contribution in [0.25, 0.3) is 0 Å². The van der Waals surface area contributed by atoms with Crippen molar-refractivity contribution in [1.29, 1.82) is 0 Å². The molecule has 142 valence electrons. The van der Waals surface area contributed by atoms with Crippen LogP contribution in [-0.2, 0) is 9.47 Å². The van der Waals surface area contributed by atoms with Crippen LogP contribution >= 0.6 is 0 Å². The minimum Gasteiger partial charge on any atom is -0.478 e. The van der Waals surface area contributed by atoms with Crippen LogP contribution in [0, 0.1) is 17.5 Å². The summed E-state index contributed by atoms with van der Waals surface area (Å²) >= 11 is 0. The van der Waals surface area contributed by atoms with E-state index in [0.29, 0.717) is 6.54 Å². The minimum atomic E-state index is -1.85. The predicted octanol–water partition coefficient (Wildman–Crippen LogP) is 2.23. The number of carbonyl (C=O) groups is 3. The number of halogens is 3. The van der Waals surface area contributed by atoms with Crippen LogP contribution < -0.4 is 0 Å². The minimum absolute atomic E-state index is 0.0352. The van der Waals surface area contributed by atoms with Crippen molar-refractivity contribution in [3.05, 3.63) is 34.6 Å². The number of nitrogens with zero attached hydrogens (tertiary/aromatic N) is 1. The quantitative estimate of drug-likeness (QED) is 0.627.